The number of carbonyl (C=O) groups is 1. The number of aromatic nitrogens is 6. The Hall–Kier alpha value is -5.30. The SMILES string of the molecule is Cc1nc2c(F)cc(-c3nc(Nc4ccc(N(C)Cc5ccc(/C=C/C(=O)NO)cn5)cn4)ncc3F)cc2n1C(C)C. The molecule has 0 spiro atoms. The molecule has 0 saturated carbocycles. The van der Waals surface area contributed by atoms with E-state index in [1.54, 1.807) is 31.5 Å². The van der Waals surface area contributed by atoms with Crippen LogP contribution in [0, 0.1) is 18.6 Å². The number of anilines is 3. The molecule has 1 amide bonds. The molecule has 11 nitrogen and oxygen atoms in total. The summed E-state index contributed by atoms with van der Waals surface area (Å²) in [6.45, 7) is 6.25. The number of fused-ring (bicyclic) bond motifs is 1. The number of hydrogen-bond acceptors (Lipinski definition) is 9. The van der Waals surface area contributed by atoms with E-state index in [9.17, 15) is 13.6 Å². The molecule has 1 aromatic carbocycles. The highest BCUT2D eigenvalue weighted by atomic mass is 19.1. The van der Waals surface area contributed by atoms with Crippen LogP contribution >= 0.6 is 0 Å². The van der Waals surface area contributed by atoms with Crippen molar-refractivity contribution in [3.8, 4) is 11.3 Å². The number of hydrogen-bond donors (Lipinski definition) is 3. The lowest BCUT2D eigenvalue weighted by molar-refractivity contribution is -0.124. The maximum Gasteiger partial charge on any atom is 0.267 e. The quantitative estimate of drug-likeness (QED) is 0.119. The Morgan fingerprint density at radius 3 is 2.53 bits per heavy atom. The maximum atomic E-state index is 15.0. The number of halogens is 2. The van der Waals surface area contributed by atoms with Gasteiger partial charge >= 0.3 is 0 Å². The molecule has 5 aromatic rings. The highest BCUT2D eigenvalue weighted by molar-refractivity contribution is 5.90. The highest BCUT2D eigenvalue weighted by Crippen LogP contribution is 2.30. The van der Waals surface area contributed by atoms with Crippen molar-refractivity contribution in [2.24, 2.45) is 0 Å². The molecule has 0 radical (unpaired) electrons. The van der Waals surface area contributed by atoms with E-state index < -0.39 is 17.5 Å². The predicted molar refractivity (Wildman–Crippen MR) is 159 cm³/mol. The molecule has 5 rings (SSSR count). The van der Waals surface area contributed by atoms with E-state index in [1.807, 2.05) is 48.6 Å². The fourth-order valence-electron chi connectivity index (χ4n) is 4.66. The van der Waals surface area contributed by atoms with E-state index in [1.165, 1.54) is 23.7 Å². The summed E-state index contributed by atoms with van der Waals surface area (Å²) in [6.07, 6.45) is 7.06. The minimum atomic E-state index is -0.685. The lowest BCUT2D eigenvalue weighted by Crippen LogP contribution is -2.17. The molecule has 43 heavy (non-hydrogen) atoms. The standard InChI is InChI=1S/C30H29F2N9O2/c1-17(2)41-18(3)36-29-23(31)11-20(12-25(29)41)28-24(32)15-35-30(38-28)37-26-9-8-22(14-34-26)40(4)16-21-7-5-19(13-33-21)6-10-27(42)39-43/h5-15,17,43H,16H2,1-4H3,(H,39,42)(H,34,35,37,38)/b10-6+. The van der Waals surface area contributed by atoms with Gasteiger partial charge in [-0.15, -0.1) is 0 Å². The van der Waals surface area contributed by atoms with Crippen molar-refractivity contribution in [1.29, 1.82) is 0 Å². The fraction of sp³-hybridized carbons (Fsp3) is 0.200. The number of rotatable bonds is 9. The normalized spacial score (nSPS) is 11.4. The second-order valence-corrected chi connectivity index (χ2v) is 10.1. The lowest BCUT2D eigenvalue weighted by Gasteiger charge is -2.19. The Morgan fingerprint density at radius 1 is 1.05 bits per heavy atom. The van der Waals surface area contributed by atoms with Gasteiger partial charge in [-0.05, 0) is 62.7 Å². The summed E-state index contributed by atoms with van der Waals surface area (Å²) < 4.78 is 31.8. The van der Waals surface area contributed by atoms with Gasteiger partial charge in [0.25, 0.3) is 5.91 Å². The Balaban J connectivity index is 1.30. The van der Waals surface area contributed by atoms with Crippen LogP contribution in [0.2, 0.25) is 0 Å². The number of carbonyl (C=O) groups excluding carboxylic acids is 1. The van der Waals surface area contributed by atoms with Crippen molar-refractivity contribution in [3.63, 3.8) is 0 Å². The predicted octanol–water partition coefficient (Wildman–Crippen LogP) is 5.35. The minimum Gasteiger partial charge on any atom is -0.367 e. The Morgan fingerprint density at radius 2 is 1.86 bits per heavy atom. The summed E-state index contributed by atoms with van der Waals surface area (Å²) in [7, 11) is 1.89. The van der Waals surface area contributed by atoms with Crippen LogP contribution in [0.4, 0.5) is 26.2 Å². The molecular weight excluding hydrogens is 556 g/mol. The van der Waals surface area contributed by atoms with Crippen LogP contribution in [0.3, 0.4) is 0 Å². The molecule has 220 valence electrons. The monoisotopic (exact) mass is 585 g/mol. The Bertz CT molecular complexity index is 1800. The van der Waals surface area contributed by atoms with E-state index in [2.05, 4.69) is 30.2 Å². The molecule has 0 aliphatic rings. The molecule has 0 aliphatic carbocycles. The third kappa shape index (κ3) is 6.46. The average molecular weight is 586 g/mol. The number of amides is 1. The van der Waals surface area contributed by atoms with Gasteiger partial charge < -0.3 is 14.8 Å². The summed E-state index contributed by atoms with van der Waals surface area (Å²) in [5.41, 5.74) is 4.87. The van der Waals surface area contributed by atoms with Gasteiger partial charge in [-0.2, -0.15) is 0 Å². The first-order chi connectivity index (χ1) is 20.6. The number of benzene rings is 1. The first-order valence-electron chi connectivity index (χ1n) is 13.3. The topological polar surface area (TPSA) is 134 Å². The van der Waals surface area contributed by atoms with Gasteiger partial charge in [0.05, 0.1) is 35.8 Å². The third-order valence-corrected chi connectivity index (χ3v) is 6.67. The number of pyridine rings is 2. The molecule has 0 aliphatic heterocycles. The van der Waals surface area contributed by atoms with Crippen molar-refractivity contribution >= 4 is 40.5 Å². The molecule has 3 N–H and O–H groups in total. The maximum absolute atomic E-state index is 15.0. The molecule has 0 bridgehead atoms. The van der Waals surface area contributed by atoms with Gasteiger partial charge in [0, 0.05) is 30.9 Å². The number of aryl methyl sites for hydroxylation is 1. The minimum absolute atomic E-state index is 0.0355. The first kappa shape index (κ1) is 29.2. The second-order valence-electron chi connectivity index (χ2n) is 10.1. The van der Waals surface area contributed by atoms with Crippen LogP contribution in [-0.4, -0.2) is 47.6 Å². The molecule has 0 unspecified atom stereocenters. The van der Waals surface area contributed by atoms with E-state index in [-0.39, 0.29) is 28.8 Å². The van der Waals surface area contributed by atoms with Gasteiger partial charge in [-0.3, -0.25) is 15.0 Å². The molecule has 4 aromatic heterocycles. The molecule has 0 fully saturated rings. The summed E-state index contributed by atoms with van der Waals surface area (Å²) >= 11 is 0. The lowest BCUT2D eigenvalue weighted by atomic mass is 10.1. The van der Waals surface area contributed by atoms with Crippen LogP contribution in [-0.2, 0) is 11.3 Å². The molecular formula is C30H29F2N9O2. The van der Waals surface area contributed by atoms with Crippen LogP contribution in [0.5, 0.6) is 0 Å². The summed E-state index contributed by atoms with van der Waals surface area (Å²) in [6, 6.07) is 10.2. The van der Waals surface area contributed by atoms with E-state index in [0.29, 0.717) is 29.3 Å². The fourth-order valence-corrected chi connectivity index (χ4v) is 4.66. The van der Waals surface area contributed by atoms with Gasteiger partial charge in [0.15, 0.2) is 11.6 Å². The largest absolute Gasteiger partial charge is 0.367 e. The summed E-state index contributed by atoms with van der Waals surface area (Å²) in [5.74, 6) is -0.659. The third-order valence-electron chi connectivity index (χ3n) is 6.67. The van der Waals surface area contributed by atoms with Gasteiger partial charge in [-0.25, -0.2) is 34.2 Å². The zero-order valence-corrected chi connectivity index (χ0v) is 23.9. The van der Waals surface area contributed by atoms with Crippen molar-refractivity contribution in [2.75, 3.05) is 17.3 Å². The van der Waals surface area contributed by atoms with E-state index in [4.69, 9.17) is 5.21 Å². The Labute approximate surface area is 245 Å². The van der Waals surface area contributed by atoms with Gasteiger partial charge in [0.2, 0.25) is 5.95 Å². The average Bonchev–Trinajstić information content (AvgIpc) is 3.34. The number of nitrogens with zero attached hydrogens (tertiary/aromatic N) is 7. The molecule has 4 heterocycles. The molecule has 13 heteroatoms. The van der Waals surface area contributed by atoms with Crippen molar-refractivity contribution < 1.29 is 18.8 Å². The smallest absolute Gasteiger partial charge is 0.267 e. The zero-order valence-electron chi connectivity index (χ0n) is 23.9. The number of hydroxylamine groups is 1. The van der Waals surface area contributed by atoms with Crippen molar-refractivity contribution in [2.45, 2.75) is 33.4 Å². The summed E-state index contributed by atoms with van der Waals surface area (Å²) in [5, 5.41) is 11.5. The Kier molecular flexibility index (Phi) is 8.34. The zero-order chi connectivity index (χ0) is 30.7. The molecule has 0 atom stereocenters. The summed E-state index contributed by atoms with van der Waals surface area (Å²) in [4.78, 5) is 34.6. The highest BCUT2D eigenvalue weighted by Gasteiger charge is 2.18. The van der Waals surface area contributed by atoms with Crippen LogP contribution in [0.25, 0.3) is 28.4 Å². The van der Waals surface area contributed by atoms with Crippen LogP contribution < -0.4 is 15.7 Å². The molecule has 0 saturated heterocycles. The van der Waals surface area contributed by atoms with Crippen LogP contribution in [0.1, 0.15) is 37.0 Å². The van der Waals surface area contributed by atoms with E-state index >= 15 is 0 Å². The first-order valence-corrected chi connectivity index (χ1v) is 13.3. The van der Waals surface area contributed by atoms with Crippen molar-refractivity contribution in [1.82, 2.24) is 35.0 Å². The van der Waals surface area contributed by atoms with Crippen molar-refractivity contribution in [3.05, 3.63) is 89.8 Å². The van der Waals surface area contributed by atoms with Crippen LogP contribution in [0.15, 0.2) is 61.1 Å². The second kappa shape index (κ2) is 12.3. The number of imidazole rings is 1. The van der Waals surface area contributed by atoms with E-state index in [0.717, 1.165) is 17.6 Å². The van der Waals surface area contributed by atoms with Gasteiger partial charge in [-0.1, -0.05) is 6.07 Å². The number of nitrogens with one attached hydrogen (secondary N) is 2. The van der Waals surface area contributed by atoms with Gasteiger partial charge in [0.1, 0.15) is 22.9 Å².